The molecule has 0 radical (unpaired) electrons. The predicted octanol–water partition coefficient (Wildman–Crippen LogP) is 8.30. The third-order valence-corrected chi connectivity index (χ3v) is 12.5. The highest BCUT2D eigenvalue weighted by molar-refractivity contribution is 7.89. The fourth-order valence-electron chi connectivity index (χ4n) is 7.90. The van der Waals surface area contributed by atoms with Crippen molar-refractivity contribution in [3.63, 3.8) is 0 Å². The Morgan fingerprint density at radius 2 is 1.60 bits per heavy atom. The zero-order valence-corrected chi connectivity index (χ0v) is 35.3. The molecule has 0 saturated heterocycles. The molecule has 0 spiro atoms. The van der Waals surface area contributed by atoms with E-state index in [4.69, 9.17) is 19.2 Å². The third kappa shape index (κ3) is 9.66. The molecule has 0 aliphatic heterocycles. The first-order valence-corrected chi connectivity index (χ1v) is 21.6. The number of amides is 2. The average molecular weight is 829 g/mol. The minimum atomic E-state index is -4.07. The maximum absolute atomic E-state index is 14.5. The van der Waals surface area contributed by atoms with Crippen molar-refractivity contribution < 1.29 is 32.2 Å². The van der Waals surface area contributed by atoms with E-state index in [-0.39, 0.29) is 28.8 Å². The van der Waals surface area contributed by atoms with Crippen LogP contribution in [0.25, 0.3) is 22.2 Å². The van der Waals surface area contributed by atoms with Gasteiger partial charge in [0.1, 0.15) is 23.2 Å². The summed E-state index contributed by atoms with van der Waals surface area (Å²) in [4.78, 5) is 32.7. The maximum atomic E-state index is 14.5. The van der Waals surface area contributed by atoms with Crippen LogP contribution in [0.3, 0.4) is 0 Å². The number of aromatic nitrogens is 1. The quantitative estimate of drug-likeness (QED) is 0.0895. The Labute approximate surface area is 352 Å². The number of benzene rings is 4. The SMILES string of the molecule is C=C[C@@H]1C[C@]1(NC(=O)[C@@H]1C[C@@H](Oc2cc(-c3ccccc3)nc3cc(OC)ccc23)C[C@@H]1NC(=O)OC(C)(C)C)C(=C)NS(=O)(=O)c1cccc(CCc2ccccc2)c1. The molecule has 5 aromatic rings. The number of aryl methyl sites for hydroxylation is 2. The second-order valence-electron chi connectivity index (χ2n) is 16.5. The summed E-state index contributed by atoms with van der Waals surface area (Å²) < 4.78 is 48.2. The first-order chi connectivity index (χ1) is 28.7. The van der Waals surface area contributed by atoms with Crippen molar-refractivity contribution in [3.05, 3.63) is 145 Å². The van der Waals surface area contributed by atoms with Crippen LogP contribution in [0, 0.1) is 11.8 Å². The summed E-state index contributed by atoms with van der Waals surface area (Å²) in [6.45, 7) is 13.4. The molecule has 60 heavy (non-hydrogen) atoms. The summed E-state index contributed by atoms with van der Waals surface area (Å²) in [7, 11) is -2.47. The van der Waals surface area contributed by atoms with Gasteiger partial charge in [0.25, 0.3) is 10.0 Å². The van der Waals surface area contributed by atoms with Gasteiger partial charge in [-0.3, -0.25) is 9.52 Å². The molecular formula is C48H52N4O7S. The summed E-state index contributed by atoms with van der Waals surface area (Å²) in [5.74, 6) is -0.215. The number of rotatable bonds is 15. The van der Waals surface area contributed by atoms with Crippen LogP contribution in [0.5, 0.6) is 11.5 Å². The van der Waals surface area contributed by atoms with E-state index in [0.29, 0.717) is 42.0 Å². The van der Waals surface area contributed by atoms with Gasteiger partial charge < -0.3 is 24.8 Å². The van der Waals surface area contributed by atoms with Gasteiger partial charge in [-0.2, -0.15) is 0 Å². The number of methoxy groups -OCH3 is 1. The Bertz CT molecular complexity index is 2510. The lowest BCUT2D eigenvalue weighted by atomic mass is 10.0. The van der Waals surface area contributed by atoms with Gasteiger partial charge in [-0.05, 0) is 81.8 Å². The van der Waals surface area contributed by atoms with Crippen LogP contribution in [0.1, 0.15) is 51.2 Å². The third-order valence-electron chi connectivity index (χ3n) is 11.1. The van der Waals surface area contributed by atoms with Crippen LogP contribution in [0.4, 0.5) is 4.79 Å². The van der Waals surface area contributed by atoms with Crippen molar-refractivity contribution in [1.29, 1.82) is 0 Å². The fraction of sp³-hybridized carbons (Fsp3) is 0.312. The van der Waals surface area contributed by atoms with E-state index in [1.165, 1.54) is 0 Å². The summed E-state index contributed by atoms with van der Waals surface area (Å²) in [5, 5.41) is 6.83. The molecule has 312 valence electrons. The van der Waals surface area contributed by atoms with Crippen molar-refractivity contribution in [2.45, 2.75) is 81.1 Å². The molecule has 2 saturated carbocycles. The highest BCUT2D eigenvalue weighted by Gasteiger charge is 2.58. The molecule has 0 bridgehead atoms. The first kappa shape index (κ1) is 42.0. The van der Waals surface area contributed by atoms with Gasteiger partial charge >= 0.3 is 6.09 Å². The van der Waals surface area contributed by atoms with E-state index in [0.717, 1.165) is 28.5 Å². The van der Waals surface area contributed by atoms with E-state index in [1.54, 1.807) is 52.2 Å². The van der Waals surface area contributed by atoms with Gasteiger partial charge in [0.15, 0.2) is 0 Å². The standard InChI is InChI=1S/C48H52N4O7S/c1-7-35-30-48(35,31(2)52-60(55,56)38-20-14-17-33(25-38)22-21-32-15-10-8-11-16-32)51-45(53)40-26-37(28-43(40)50-46(54)59-47(3,4)5)58-44-29-41(34-18-12-9-13-19-34)49-42-27-36(57-6)23-24-39(42)44/h7-20,23-25,27,29,35,37,40,43,52H,1-2,21-22,26,28,30H2,3-6H3,(H,50,54)(H,51,53)/t35-,37-,40-,43+,48+/m1/s1. The Morgan fingerprint density at radius 3 is 2.28 bits per heavy atom. The highest BCUT2D eigenvalue weighted by atomic mass is 32.2. The molecule has 11 nitrogen and oxygen atoms in total. The van der Waals surface area contributed by atoms with Crippen molar-refractivity contribution >= 4 is 32.9 Å². The zero-order valence-electron chi connectivity index (χ0n) is 34.4. The molecule has 2 amide bonds. The molecular weight excluding hydrogens is 777 g/mol. The Balaban J connectivity index is 1.11. The number of sulfonamides is 1. The van der Waals surface area contributed by atoms with Crippen LogP contribution in [-0.2, 0) is 32.4 Å². The summed E-state index contributed by atoms with van der Waals surface area (Å²) >= 11 is 0. The van der Waals surface area contributed by atoms with E-state index >= 15 is 0 Å². The lowest BCUT2D eigenvalue weighted by Gasteiger charge is -2.27. The Morgan fingerprint density at radius 1 is 0.900 bits per heavy atom. The molecule has 7 rings (SSSR count). The van der Waals surface area contributed by atoms with Crippen molar-refractivity contribution in [2.24, 2.45) is 11.8 Å². The average Bonchev–Trinajstić information content (AvgIpc) is 3.81. The Kier molecular flexibility index (Phi) is 12.1. The minimum absolute atomic E-state index is 0.0985. The van der Waals surface area contributed by atoms with Crippen LogP contribution in [-0.4, -0.2) is 55.8 Å². The number of alkyl carbamates (subject to hydrolysis) is 1. The number of hydrogen-bond acceptors (Lipinski definition) is 8. The molecule has 1 aromatic heterocycles. The topological polar surface area (TPSA) is 145 Å². The zero-order chi connectivity index (χ0) is 42.7. The first-order valence-electron chi connectivity index (χ1n) is 20.2. The second-order valence-corrected chi connectivity index (χ2v) is 18.2. The molecule has 2 aliphatic carbocycles. The number of ether oxygens (including phenoxy) is 3. The molecule has 12 heteroatoms. The molecule has 3 N–H and O–H groups in total. The van der Waals surface area contributed by atoms with E-state index in [9.17, 15) is 18.0 Å². The van der Waals surface area contributed by atoms with Crippen LogP contribution >= 0.6 is 0 Å². The van der Waals surface area contributed by atoms with E-state index < -0.39 is 45.3 Å². The number of hydrogen-bond donors (Lipinski definition) is 3. The lowest BCUT2D eigenvalue weighted by molar-refractivity contribution is -0.126. The maximum Gasteiger partial charge on any atom is 0.407 e. The molecule has 5 atom stereocenters. The van der Waals surface area contributed by atoms with Crippen LogP contribution < -0.4 is 24.8 Å². The van der Waals surface area contributed by atoms with Crippen LogP contribution in [0.15, 0.2) is 139 Å². The Hall–Kier alpha value is -6.14. The number of nitrogens with one attached hydrogen (secondary N) is 3. The number of carbonyl (C=O) groups is 2. The van der Waals surface area contributed by atoms with Crippen molar-refractivity contribution in [2.75, 3.05) is 7.11 Å². The summed E-state index contributed by atoms with van der Waals surface area (Å²) in [6, 6.07) is 33.4. The monoisotopic (exact) mass is 828 g/mol. The van der Waals surface area contributed by atoms with Gasteiger partial charge in [0.2, 0.25) is 5.91 Å². The predicted molar refractivity (Wildman–Crippen MR) is 233 cm³/mol. The van der Waals surface area contributed by atoms with Gasteiger partial charge in [0.05, 0.1) is 34.7 Å². The van der Waals surface area contributed by atoms with Gasteiger partial charge in [-0.25, -0.2) is 18.2 Å². The molecule has 2 aliphatic rings. The normalized spacial score (nSPS) is 21.1. The molecule has 2 fully saturated rings. The molecule has 0 unspecified atom stereocenters. The highest BCUT2D eigenvalue weighted by Crippen LogP contribution is 2.49. The van der Waals surface area contributed by atoms with Crippen LogP contribution in [0.2, 0.25) is 0 Å². The largest absolute Gasteiger partial charge is 0.497 e. The summed E-state index contributed by atoms with van der Waals surface area (Å²) in [5.41, 5.74) is 2.54. The number of pyridine rings is 1. The molecule has 1 heterocycles. The van der Waals surface area contributed by atoms with Crippen molar-refractivity contribution in [1.82, 2.24) is 20.3 Å². The van der Waals surface area contributed by atoms with E-state index in [2.05, 4.69) is 28.5 Å². The minimum Gasteiger partial charge on any atom is -0.497 e. The van der Waals surface area contributed by atoms with Gasteiger partial charge in [-0.15, -0.1) is 6.58 Å². The van der Waals surface area contributed by atoms with Gasteiger partial charge in [-0.1, -0.05) is 85.5 Å². The smallest absolute Gasteiger partial charge is 0.407 e. The second kappa shape index (κ2) is 17.2. The van der Waals surface area contributed by atoms with Crippen molar-refractivity contribution in [3.8, 4) is 22.8 Å². The van der Waals surface area contributed by atoms with Gasteiger partial charge in [0, 0.05) is 47.2 Å². The van der Waals surface area contributed by atoms with E-state index in [1.807, 2.05) is 91.0 Å². The fourth-order valence-corrected chi connectivity index (χ4v) is 9.09. The summed E-state index contributed by atoms with van der Waals surface area (Å²) in [6.07, 6.45) is 2.89. The molecule has 4 aromatic carbocycles. The lowest BCUT2D eigenvalue weighted by Crippen LogP contribution is -2.51. The number of nitrogens with zero attached hydrogens (tertiary/aromatic N) is 1. The number of carbonyl (C=O) groups excluding carboxylic acids is 2. The number of fused-ring (bicyclic) bond motifs is 1.